The van der Waals surface area contributed by atoms with Gasteiger partial charge in [-0.3, -0.25) is 4.79 Å². The molecule has 0 atom stereocenters. The van der Waals surface area contributed by atoms with Crippen molar-refractivity contribution >= 4 is 27.6 Å². The summed E-state index contributed by atoms with van der Waals surface area (Å²) in [5.41, 5.74) is 1.06. The summed E-state index contributed by atoms with van der Waals surface area (Å²) in [5.74, 6) is -0.210. The molecule has 0 saturated heterocycles. The molecular weight excluding hydrogens is 426 g/mol. The minimum atomic E-state index is -4.15. The molecule has 2 N–H and O–H groups in total. The Morgan fingerprint density at radius 1 is 1.16 bits per heavy atom. The molecule has 1 aliphatic rings. The van der Waals surface area contributed by atoms with Crippen LogP contribution in [-0.2, 0) is 19.6 Å². The van der Waals surface area contributed by atoms with Gasteiger partial charge in [0.2, 0.25) is 15.9 Å². The van der Waals surface area contributed by atoms with E-state index in [-0.39, 0.29) is 17.1 Å². The molecule has 0 saturated carbocycles. The van der Waals surface area contributed by atoms with Crippen molar-refractivity contribution in [3.05, 3.63) is 35.2 Å². The van der Waals surface area contributed by atoms with Gasteiger partial charge in [0.1, 0.15) is 23.7 Å². The number of ether oxygens (including phenoxy) is 3. The lowest BCUT2D eigenvalue weighted by molar-refractivity contribution is -0.116. The Morgan fingerprint density at radius 3 is 2.52 bits per heavy atom. The first-order chi connectivity index (χ1) is 14.6. The molecule has 1 amide bonds. The summed E-state index contributed by atoms with van der Waals surface area (Å²) in [6.07, 6.45) is 0. The number of amides is 1. The summed E-state index contributed by atoms with van der Waals surface area (Å²) in [6, 6.07) is 4.92. The Balaban J connectivity index is 1.77. The molecule has 31 heavy (non-hydrogen) atoms. The number of rotatable bonds is 7. The van der Waals surface area contributed by atoms with Gasteiger partial charge in [-0.15, -0.1) is 0 Å². The van der Waals surface area contributed by atoms with Gasteiger partial charge in [0.25, 0.3) is 0 Å². The van der Waals surface area contributed by atoms with Crippen LogP contribution in [0.4, 0.5) is 5.69 Å². The summed E-state index contributed by atoms with van der Waals surface area (Å²) in [5, 5.41) is 2.64. The molecule has 2 aromatic rings. The number of carbonyl (C=O) groups is 2. The number of nitrogens with zero attached hydrogens (tertiary/aromatic N) is 1. The van der Waals surface area contributed by atoms with Crippen molar-refractivity contribution in [1.29, 1.82) is 0 Å². The highest BCUT2D eigenvalue weighted by Gasteiger charge is 2.33. The third-order valence-electron chi connectivity index (χ3n) is 4.66. The Hall–Kier alpha value is -3.05. The van der Waals surface area contributed by atoms with Crippen molar-refractivity contribution in [3.8, 4) is 11.5 Å². The lowest BCUT2D eigenvalue weighted by Gasteiger charge is -2.20. The Labute approximate surface area is 180 Å². The number of sulfonamides is 1. The Bertz CT molecular complexity index is 1110. The number of benzene rings is 1. The van der Waals surface area contributed by atoms with Crippen LogP contribution in [-0.4, -0.2) is 63.0 Å². The van der Waals surface area contributed by atoms with E-state index < -0.39 is 28.4 Å². The monoisotopic (exact) mass is 451 g/mol. The van der Waals surface area contributed by atoms with Crippen LogP contribution in [0.5, 0.6) is 11.5 Å². The largest absolute Gasteiger partial charge is 0.486 e. The average Bonchev–Trinajstić information content (AvgIpc) is 3.02. The molecule has 0 bridgehead atoms. The molecular formula is C20H25N3O7S. The van der Waals surface area contributed by atoms with Gasteiger partial charge in [-0.2, -0.15) is 4.31 Å². The zero-order chi connectivity index (χ0) is 22.8. The smallest absolute Gasteiger partial charge is 0.341 e. The van der Waals surface area contributed by atoms with Gasteiger partial charge >= 0.3 is 5.97 Å². The number of anilines is 1. The molecule has 0 radical (unpaired) electrons. The predicted molar refractivity (Wildman–Crippen MR) is 112 cm³/mol. The van der Waals surface area contributed by atoms with Crippen LogP contribution in [0.2, 0.25) is 0 Å². The highest BCUT2D eigenvalue weighted by Crippen LogP contribution is 2.32. The molecule has 0 aliphatic carbocycles. The zero-order valence-corrected chi connectivity index (χ0v) is 18.6. The fourth-order valence-corrected chi connectivity index (χ4v) is 4.83. The highest BCUT2D eigenvalue weighted by molar-refractivity contribution is 7.89. The number of nitrogens with one attached hydrogen (secondary N) is 2. The van der Waals surface area contributed by atoms with E-state index in [1.807, 2.05) is 0 Å². The van der Waals surface area contributed by atoms with E-state index >= 15 is 0 Å². The van der Waals surface area contributed by atoms with E-state index in [9.17, 15) is 18.0 Å². The topological polar surface area (TPSA) is 127 Å². The van der Waals surface area contributed by atoms with Crippen LogP contribution >= 0.6 is 0 Å². The fourth-order valence-electron chi connectivity index (χ4n) is 3.29. The number of hydrogen-bond acceptors (Lipinski definition) is 7. The minimum Gasteiger partial charge on any atom is -0.486 e. The lowest BCUT2D eigenvalue weighted by atomic mass is 10.2. The highest BCUT2D eigenvalue weighted by atomic mass is 32.2. The third kappa shape index (κ3) is 4.67. The number of aromatic nitrogens is 1. The second-order valence-electron chi connectivity index (χ2n) is 6.97. The number of carbonyl (C=O) groups excluding carboxylic acids is 2. The number of H-pyrrole nitrogens is 1. The van der Waals surface area contributed by atoms with Crippen molar-refractivity contribution < 1.29 is 32.2 Å². The average molecular weight is 452 g/mol. The normalized spacial score (nSPS) is 13.2. The SMILES string of the molecule is CCOC(=O)c1c(C)[nH]c(C)c1S(=O)(=O)N(C)CC(=O)Nc1ccc2c(c1)OCCO2. The molecule has 168 valence electrons. The molecule has 1 aliphatic heterocycles. The summed E-state index contributed by atoms with van der Waals surface area (Å²) < 4.78 is 43.1. The molecule has 10 nitrogen and oxygen atoms in total. The molecule has 1 aromatic carbocycles. The van der Waals surface area contributed by atoms with E-state index in [0.717, 1.165) is 4.31 Å². The number of hydrogen-bond donors (Lipinski definition) is 2. The first kappa shape index (κ1) is 22.6. The maximum absolute atomic E-state index is 13.2. The van der Waals surface area contributed by atoms with E-state index in [0.29, 0.717) is 41.8 Å². The van der Waals surface area contributed by atoms with E-state index in [2.05, 4.69) is 10.3 Å². The quantitative estimate of drug-likeness (QED) is 0.615. The first-order valence-electron chi connectivity index (χ1n) is 9.67. The maximum atomic E-state index is 13.2. The summed E-state index contributed by atoms with van der Waals surface area (Å²) >= 11 is 0. The minimum absolute atomic E-state index is 0.0570. The Kier molecular flexibility index (Phi) is 6.56. The molecule has 11 heteroatoms. The van der Waals surface area contributed by atoms with Crippen LogP contribution in [0.1, 0.15) is 28.7 Å². The van der Waals surface area contributed by atoms with Crippen molar-refractivity contribution in [3.63, 3.8) is 0 Å². The number of esters is 1. The van der Waals surface area contributed by atoms with Gasteiger partial charge in [0, 0.05) is 30.2 Å². The van der Waals surface area contributed by atoms with Crippen LogP contribution < -0.4 is 14.8 Å². The third-order valence-corrected chi connectivity index (χ3v) is 6.63. The first-order valence-corrected chi connectivity index (χ1v) is 11.1. The maximum Gasteiger partial charge on any atom is 0.341 e. The number of aryl methyl sites for hydroxylation is 2. The van der Waals surface area contributed by atoms with Crippen molar-refractivity contribution in [2.24, 2.45) is 0 Å². The van der Waals surface area contributed by atoms with Gasteiger partial charge in [-0.25, -0.2) is 13.2 Å². The summed E-state index contributed by atoms with van der Waals surface area (Å²) in [6.45, 7) is 5.28. The number of fused-ring (bicyclic) bond motifs is 1. The van der Waals surface area contributed by atoms with Gasteiger partial charge < -0.3 is 24.5 Å². The van der Waals surface area contributed by atoms with Crippen LogP contribution in [0.3, 0.4) is 0 Å². The van der Waals surface area contributed by atoms with Crippen molar-refractivity contribution in [2.45, 2.75) is 25.7 Å². The van der Waals surface area contributed by atoms with E-state index in [4.69, 9.17) is 14.2 Å². The van der Waals surface area contributed by atoms with Crippen LogP contribution in [0, 0.1) is 13.8 Å². The standard InChI is InChI=1S/C20H25N3O7S/c1-5-28-20(25)18-12(2)21-13(3)19(18)31(26,27)23(4)11-17(24)22-14-6-7-15-16(10-14)30-9-8-29-15/h6-7,10,21H,5,8-9,11H2,1-4H3,(H,22,24). The van der Waals surface area contributed by atoms with Gasteiger partial charge in [0.05, 0.1) is 13.2 Å². The van der Waals surface area contributed by atoms with Gasteiger partial charge in [-0.1, -0.05) is 0 Å². The molecule has 1 aromatic heterocycles. The molecule has 0 fully saturated rings. The van der Waals surface area contributed by atoms with Crippen molar-refractivity contribution in [2.75, 3.05) is 38.7 Å². The van der Waals surface area contributed by atoms with Crippen LogP contribution in [0.15, 0.2) is 23.1 Å². The van der Waals surface area contributed by atoms with Gasteiger partial charge in [-0.05, 0) is 32.9 Å². The molecule has 3 rings (SSSR count). The number of likely N-dealkylation sites (N-methyl/N-ethyl adjacent to an activating group) is 1. The lowest BCUT2D eigenvalue weighted by Crippen LogP contribution is -2.35. The Morgan fingerprint density at radius 2 is 1.84 bits per heavy atom. The summed E-state index contributed by atoms with van der Waals surface area (Å²) in [4.78, 5) is 27.5. The molecule has 0 unspecified atom stereocenters. The molecule has 0 spiro atoms. The molecule has 2 heterocycles. The van der Waals surface area contributed by atoms with E-state index in [1.54, 1.807) is 39.0 Å². The van der Waals surface area contributed by atoms with Crippen LogP contribution in [0.25, 0.3) is 0 Å². The second kappa shape index (κ2) is 8.98. The number of aromatic amines is 1. The zero-order valence-electron chi connectivity index (χ0n) is 17.8. The fraction of sp³-hybridized carbons (Fsp3) is 0.400. The predicted octanol–water partition coefficient (Wildman–Crippen LogP) is 1.84. The van der Waals surface area contributed by atoms with Crippen molar-refractivity contribution in [1.82, 2.24) is 9.29 Å². The van der Waals surface area contributed by atoms with Gasteiger partial charge in [0.15, 0.2) is 11.5 Å². The summed E-state index contributed by atoms with van der Waals surface area (Å²) in [7, 11) is -2.88. The van der Waals surface area contributed by atoms with E-state index in [1.165, 1.54) is 7.05 Å². The second-order valence-corrected chi connectivity index (χ2v) is 8.95.